The number of hydrogen-bond acceptors (Lipinski definition) is 12. The second-order valence-corrected chi connectivity index (χ2v) is 17.0. The van der Waals surface area contributed by atoms with Crippen LogP contribution in [0, 0.1) is 5.92 Å². The van der Waals surface area contributed by atoms with Crippen molar-refractivity contribution in [1.29, 1.82) is 0 Å². The Bertz CT molecular complexity index is 2510. The smallest absolute Gasteiger partial charge is 0.203 e. The van der Waals surface area contributed by atoms with Gasteiger partial charge in [0.15, 0.2) is 46.0 Å². The first-order valence-electron chi connectivity index (χ1n) is 23.4. The summed E-state index contributed by atoms with van der Waals surface area (Å²) in [7, 11) is 19.7. The van der Waals surface area contributed by atoms with E-state index in [1.54, 1.807) is 85.3 Å². The molecule has 0 aliphatic heterocycles. The van der Waals surface area contributed by atoms with Gasteiger partial charge in [-0.15, -0.1) is 0 Å². The van der Waals surface area contributed by atoms with Gasteiger partial charge in [-0.25, -0.2) is 0 Å². The van der Waals surface area contributed by atoms with Gasteiger partial charge in [0.05, 0.1) is 85.3 Å². The van der Waals surface area contributed by atoms with Crippen LogP contribution in [0.3, 0.4) is 0 Å². The van der Waals surface area contributed by atoms with Gasteiger partial charge in [0.1, 0.15) is 0 Å². The molecule has 0 N–H and O–H groups in total. The van der Waals surface area contributed by atoms with Gasteiger partial charge in [0, 0.05) is 0 Å². The maximum Gasteiger partial charge on any atom is 0.203 e. The van der Waals surface area contributed by atoms with E-state index in [1.807, 2.05) is 24.3 Å². The fourth-order valence-corrected chi connectivity index (χ4v) is 9.36. The van der Waals surface area contributed by atoms with Gasteiger partial charge in [-0.1, -0.05) is 48.5 Å². The second kappa shape index (κ2) is 25.5. The highest BCUT2D eigenvalue weighted by Gasteiger charge is 2.27. The van der Waals surface area contributed by atoms with Crippen molar-refractivity contribution in [2.45, 2.75) is 57.3 Å². The summed E-state index contributed by atoms with van der Waals surface area (Å²) in [6.45, 7) is 0. The zero-order chi connectivity index (χ0) is 50.2. The van der Waals surface area contributed by atoms with Crippen LogP contribution < -0.4 is 56.8 Å². The van der Waals surface area contributed by atoms with Crippen molar-refractivity contribution in [1.82, 2.24) is 0 Å². The summed E-state index contributed by atoms with van der Waals surface area (Å²) in [5, 5.41) is 0. The summed E-state index contributed by atoms with van der Waals surface area (Å²) >= 11 is 0. The van der Waals surface area contributed by atoms with Crippen molar-refractivity contribution in [3.05, 3.63) is 142 Å². The van der Waals surface area contributed by atoms with E-state index in [0.717, 1.165) is 67.2 Å². The monoisotopic (exact) mass is 958 g/mol. The van der Waals surface area contributed by atoms with Gasteiger partial charge in [-0.05, 0) is 156 Å². The normalized spacial score (nSPS) is 11.8. The number of rotatable bonds is 27. The molecule has 12 nitrogen and oxygen atoms in total. The molecule has 0 aromatic heterocycles. The molecule has 6 aromatic rings. The number of methoxy groups -OCH3 is 12. The highest BCUT2D eigenvalue weighted by molar-refractivity contribution is 5.57. The zero-order valence-corrected chi connectivity index (χ0v) is 42.9. The SMILES string of the molecule is COc1cc(CCc2ccc(CC[C@H](Cc3cc(OC)c(OC)c(OC)c3)[C@@H](Cc3cc(OC)c(OC)c(OC)c3)c3ccc(CCc4cc(OC)c(OC)c(OC)c4)cc3)cc2)cc(OC)c1OC. The fourth-order valence-electron chi connectivity index (χ4n) is 9.36. The third-order valence-corrected chi connectivity index (χ3v) is 13.1. The predicted molar refractivity (Wildman–Crippen MR) is 274 cm³/mol. The largest absolute Gasteiger partial charge is 0.493 e. The Labute approximate surface area is 414 Å². The molecular weight excluding hydrogens is 889 g/mol. The van der Waals surface area contributed by atoms with E-state index in [2.05, 4.69) is 72.8 Å². The molecular formula is C58H70O12. The third kappa shape index (κ3) is 12.6. The number of ether oxygens (including phenoxy) is 12. The van der Waals surface area contributed by atoms with Crippen LogP contribution >= 0.6 is 0 Å². The van der Waals surface area contributed by atoms with Crippen molar-refractivity contribution in [2.75, 3.05) is 85.3 Å². The molecule has 0 saturated heterocycles. The molecule has 0 bridgehead atoms. The Hall–Kier alpha value is -7.08. The van der Waals surface area contributed by atoms with Crippen LogP contribution in [-0.2, 0) is 44.9 Å². The minimum Gasteiger partial charge on any atom is -0.493 e. The van der Waals surface area contributed by atoms with Crippen LogP contribution in [0.1, 0.15) is 56.8 Å². The highest BCUT2D eigenvalue weighted by Crippen LogP contribution is 2.45. The van der Waals surface area contributed by atoms with Gasteiger partial charge < -0.3 is 56.8 Å². The molecule has 0 aliphatic carbocycles. The minimum absolute atomic E-state index is 0.0591. The van der Waals surface area contributed by atoms with Crippen LogP contribution in [0.15, 0.2) is 97.1 Å². The molecule has 0 unspecified atom stereocenters. The maximum absolute atomic E-state index is 5.86. The van der Waals surface area contributed by atoms with E-state index in [-0.39, 0.29) is 11.8 Å². The summed E-state index contributed by atoms with van der Waals surface area (Å²) in [4.78, 5) is 0. The van der Waals surface area contributed by atoms with Crippen molar-refractivity contribution < 1.29 is 56.8 Å². The summed E-state index contributed by atoms with van der Waals surface area (Å²) in [5.41, 5.74) is 9.31. The van der Waals surface area contributed by atoms with Crippen LogP contribution in [0.5, 0.6) is 69.0 Å². The van der Waals surface area contributed by atoms with E-state index in [4.69, 9.17) is 56.8 Å². The minimum atomic E-state index is 0.0591. The molecule has 6 aromatic carbocycles. The van der Waals surface area contributed by atoms with Crippen molar-refractivity contribution in [3.63, 3.8) is 0 Å². The molecule has 0 fully saturated rings. The summed E-state index contributed by atoms with van der Waals surface area (Å²) in [6, 6.07) is 34.4. The van der Waals surface area contributed by atoms with E-state index in [0.29, 0.717) is 75.4 Å². The lowest BCUT2D eigenvalue weighted by Gasteiger charge is -2.29. The third-order valence-electron chi connectivity index (χ3n) is 13.1. The van der Waals surface area contributed by atoms with Gasteiger partial charge in [-0.2, -0.15) is 0 Å². The van der Waals surface area contributed by atoms with E-state index in [9.17, 15) is 0 Å². The molecule has 6 rings (SSSR count). The molecule has 70 heavy (non-hydrogen) atoms. The first-order valence-corrected chi connectivity index (χ1v) is 23.4. The quantitative estimate of drug-likeness (QED) is 0.0490. The van der Waals surface area contributed by atoms with E-state index in [1.165, 1.54) is 22.3 Å². The maximum atomic E-state index is 5.86. The average molecular weight is 959 g/mol. The molecule has 0 amide bonds. The number of aryl methyl sites for hydroxylation is 5. The summed E-state index contributed by atoms with van der Waals surface area (Å²) < 4.78 is 68.5. The highest BCUT2D eigenvalue weighted by atomic mass is 16.5. The Kier molecular flexibility index (Phi) is 19.1. The first-order chi connectivity index (χ1) is 34.1. The average Bonchev–Trinajstić information content (AvgIpc) is 3.41. The molecule has 0 radical (unpaired) electrons. The number of hydrogen-bond donors (Lipinski definition) is 0. The first kappa shape index (κ1) is 52.3. The van der Waals surface area contributed by atoms with Crippen molar-refractivity contribution in [3.8, 4) is 69.0 Å². The van der Waals surface area contributed by atoms with Gasteiger partial charge in [0.25, 0.3) is 0 Å². The fraction of sp³-hybridized carbons (Fsp3) is 0.379. The van der Waals surface area contributed by atoms with Crippen LogP contribution in [0.2, 0.25) is 0 Å². The van der Waals surface area contributed by atoms with Crippen molar-refractivity contribution >= 4 is 0 Å². The molecule has 374 valence electrons. The van der Waals surface area contributed by atoms with Crippen molar-refractivity contribution in [2.24, 2.45) is 5.92 Å². The zero-order valence-electron chi connectivity index (χ0n) is 42.9. The lowest BCUT2D eigenvalue weighted by Crippen LogP contribution is -2.20. The Balaban J connectivity index is 1.34. The Morgan fingerprint density at radius 3 is 0.829 bits per heavy atom. The Morgan fingerprint density at radius 2 is 0.529 bits per heavy atom. The topological polar surface area (TPSA) is 111 Å². The van der Waals surface area contributed by atoms with Crippen LogP contribution in [0.25, 0.3) is 0 Å². The molecule has 0 aliphatic rings. The number of benzene rings is 6. The van der Waals surface area contributed by atoms with Gasteiger partial charge in [-0.3, -0.25) is 0 Å². The van der Waals surface area contributed by atoms with Gasteiger partial charge >= 0.3 is 0 Å². The lowest BCUT2D eigenvalue weighted by molar-refractivity contribution is 0.321. The molecule has 12 heteroatoms. The standard InChI is InChI=1S/C58H70O12/c1-59-47-29-40(30-48(60-2)55(47)67-9)19-17-37-13-15-38(16-14-37)23-26-45(27-42-33-51(63-5)57(69-11)52(34-42)64-6)46(28-43-35-53(65-7)58(70-12)54(36-43)66-8)44-24-21-39(22-25-44)18-20-41-31-49(61-3)56(68-10)50(32-41)62-4/h13-16,21-22,24-25,29-36,45-46H,17-20,23,26-28H2,1-12H3/t45-,46+/m1/s1. The van der Waals surface area contributed by atoms with Crippen LogP contribution in [-0.4, -0.2) is 85.3 Å². The van der Waals surface area contributed by atoms with E-state index >= 15 is 0 Å². The molecule has 2 atom stereocenters. The van der Waals surface area contributed by atoms with Gasteiger partial charge in [0.2, 0.25) is 23.0 Å². The summed E-state index contributed by atoms with van der Waals surface area (Å²) in [6.07, 6.45) is 6.48. The molecule has 0 spiro atoms. The summed E-state index contributed by atoms with van der Waals surface area (Å²) in [5.74, 6) is 7.56. The lowest BCUT2D eigenvalue weighted by atomic mass is 9.75. The predicted octanol–water partition coefficient (Wildman–Crippen LogP) is 11.2. The molecule has 0 heterocycles. The Morgan fingerprint density at radius 1 is 0.271 bits per heavy atom. The second-order valence-electron chi connectivity index (χ2n) is 17.0. The van der Waals surface area contributed by atoms with E-state index < -0.39 is 0 Å². The molecule has 0 saturated carbocycles. The van der Waals surface area contributed by atoms with Crippen LogP contribution in [0.4, 0.5) is 0 Å².